The number of thiazole rings is 1. The van der Waals surface area contributed by atoms with Gasteiger partial charge in [0.15, 0.2) is 8.68 Å². The highest BCUT2D eigenvalue weighted by Gasteiger charge is 2.34. The van der Waals surface area contributed by atoms with Gasteiger partial charge in [-0.3, -0.25) is 0 Å². The summed E-state index contributed by atoms with van der Waals surface area (Å²) in [4.78, 5) is 6.59. The fraction of sp³-hybridized carbons (Fsp3) is 0.800. The zero-order chi connectivity index (χ0) is 16.6. The highest BCUT2D eigenvalue weighted by molar-refractivity contribution is 7.91. The van der Waals surface area contributed by atoms with Gasteiger partial charge >= 0.3 is 0 Å². The van der Waals surface area contributed by atoms with E-state index in [4.69, 9.17) is 11.6 Å². The van der Waals surface area contributed by atoms with Crippen molar-refractivity contribution in [3.8, 4) is 0 Å². The van der Waals surface area contributed by atoms with E-state index in [1.54, 1.807) is 11.2 Å². The van der Waals surface area contributed by atoms with Crippen LogP contribution in [0.3, 0.4) is 0 Å². The van der Waals surface area contributed by atoms with E-state index in [9.17, 15) is 8.42 Å². The van der Waals surface area contributed by atoms with E-state index in [0.717, 1.165) is 43.2 Å². The van der Waals surface area contributed by atoms with E-state index in [-0.39, 0.29) is 0 Å². The fourth-order valence-electron chi connectivity index (χ4n) is 3.55. The first-order valence-corrected chi connectivity index (χ1v) is 10.9. The summed E-state index contributed by atoms with van der Waals surface area (Å²) in [7, 11) is -3.45. The van der Waals surface area contributed by atoms with E-state index < -0.39 is 10.0 Å². The molecule has 0 N–H and O–H groups in total. The monoisotopic (exact) mass is 377 g/mol. The number of hydrogen-bond donors (Lipinski definition) is 0. The molecular formula is C15H24ClN3O2S2. The molecule has 0 saturated carbocycles. The minimum absolute atomic E-state index is 0.290. The number of aromatic nitrogens is 1. The van der Waals surface area contributed by atoms with Crippen LogP contribution in [-0.2, 0) is 10.0 Å². The standard InChI is InChI=1S/C15H24ClN3O2S2/c1-11-3-7-18(8-4-11)13-5-9-19(10-6-13)23(20,21)14-12(2)17-15(16)22-14/h11,13H,3-10H2,1-2H3. The Morgan fingerprint density at radius 3 is 2.26 bits per heavy atom. The first kappa shape index (κ1) is 17.6. The van der Waals surface area contributed by atoms with Crippen molar-refractivity contribution < 1.29 is 8.42 Å². The minimum atomic E-state index is -3.45. The van der Waals surface area contributed by atoms with Crippen molar-refractivity contribution in [3.05, 3.63) is 10.2 Å². The molecule has 0 spiro atoms. The molecule has 8 heteroatoms. The molecule has 0 unspecified atom stereocenters. The molecule has 3 heterocycles. The van der Waals surface area contributed by atoms with E-state index in [2.05, 4.69) is 16.8 Å². The zero-order valence-corrected chi connectivity index (χ0v) is 16.1. The topological polar surface area (TPSA) is 53.5 Å². The van der Waals surface area contributed by atoms with Gasteiger partial charge in [0.1, 0.15) is 0 Å². The Morgan fingerprint density at radius 2 is 1.74 bits per heavy atom. The number of sulfonamides is 1. The first-order valence-electron chi connectivity index (χ1n) is 8.25. The second kappa shape index (κ2) is 6.96. The molecule has 2 aliphatic heterocycles. The van der Waals surface area contributed by atoms with Gasteiger partial charge in [-0.15, -0.1) is 0 Å². The highest BCUT2D eigenvalue weighted by atomic mass is 35.5. The van der Waals surface area contributed by atoms with Crippen LogP contribution in [0.5, 0.6) is 0 Å². The minimum Gasteiger partial charge on any atom is -0.300 e. The predicted octanol–water partition coefficient (Wildman–Crippen LogP) is 2.99. The molecule has 2 aliphatic rings. The molecule has 1 aromatic heterocycles. The molecule has 0 atom stereocenters. The van der Waals surface area contributed by atoms with Crippen molar-refractivity contribution >= 4 is 33.0 Å². The molecule has 130 valence electrons. The van der Waals surface area contributed by atoms with Crippen LogP contribution < -0.4 is 0 Å². The molecule has 2 saturated heterocycles. The smallest absolute Gasteiger partial charge is 0.254 e. The third-order valence-electron chi connectivity index (χ3n) is 5.06. The Morgan fingerprint density at radius 1 is 1.13 bits per heavy atom. The summed E-state index contributed by atoms with van der Waals surface area (Å²) in [6.45, 7) is 7.51. The predicted molar refractivity (Wildman–Crippen MR) is 93.6 cm³/mol. The average molecular weight is 378 g/mol. The van der Waals surface area contributed by atoms with Crippen molar-refractivity contribution in [2.45, 2.75) is 49.8 Å². The summed E-state index contributed by atoms with van der Waals surface area (Å²) in [5, 5.41) is 0. The van der Waals surface area contributed by atoms with Crippen LogP contribution in [0.2, 0.25) is 4.47 Å². The number of aryl methyl sites for hydroxylation is 1. The summed E-state index contributed by atoms with van der Waals surface area (Å²) in [6.07, 6.45) is 4.35. The van der Waals surface area contributed by atoms with Gasteiger partial charge in [0.05, 0.1) is 5.69 Å². The molecule has 0 aliphatic carbocycles. The second-order valence-corrected chi connectivity index (χ2v) is 10.4. The van der Waals surface area contributed by atoms with Crippen LogP contribution >= 0.6 is 22.9 Å². The summed E-state index contributed by atoms with van der Waals surface area (Å²) in [5.41, 5.74) is 0.507. The lowest BCUT2D eigenvalue weighted by Crippen LogP contribution is -2.48. The highest BCUT2D eigenvalue weighted by Crippen LogP contribution is 2.32. The van der Waals surface area contributed by atoms with Crippen molar-refractivity contribution in [3.63, 3.8) is 0 Å². The molecule has 0 radical (unpaired) electrons. The second-order valence-electron chi connectivity index (χ2n) is 6.69. The lowest BCUT2D eigenvalue weighted by atomic mass is 9.95. The molecule has 0 bridgehead atoms. The number of hydrogen-bond acceptors (Lipinski definition) is 5. The normalized spacial score (nSPS) is 23.4. The summed E-state index contributed by atoms with van der Waals surface area (Å²) in [5.74, 6) is 0.825. The van der Waals surface area contributed by atoms with Crippen LogP contribution in [0, 0.1) is 12.8 Å². The summed E-state index contributed by atoms with van der Waals surface area (Å²) >= 11 is 6.92. The lowest BCUT2D eigenvalue weighted by Gasteiger charge is -2.40. The van der Waals surface area contributed by atoms with E-state index in [1.165, 1.54) is 12.8 Å². The first-order chi connectivity index (χ1) is 10.9. The Labute approximate surface area is 147 Å². The lowest BCUT2D eigenvalue weighted by molar-refractivity contribution is 0.101. The van der Waals surface area contributed by atoms with Gasteiger partial charge in [-0.1, -0.05) is 29.9 Å². The Kier molecular flexibility index (Phi) is 5.33. The SMILES string of the molecule is Cc1nc(Cl)sc1S(=O)(=O)N1CCC(N2CCC(C)CC2)CC1. The zero-order valence-electron chi connectivity index (χ0n) is 13.7. The van der Waals surface area contributed by atoms with Crippen molar-refractivity contribution in [2.75, 3.05) is 26.2 Å². The van der Waals surface area contributed by atoms with E-state index in [0.29, 0.717) is 33.5 Å². The van der Waals surface area contributed by atoms with Gasteiger partial charge in [-0.05, 0) is 51.6 Å². The van der Waals surface area contributed by atoms with Crippen LogP contribution in [0.25, 0.3) is 0 Å². The maximum atomic E-state index is 12.8. The Balaban J connectivity index is 1.63. The molecule has 23 heavy (non-hydrogen) atoms. The average Bonchev–Trinajstić information content (AvgIpc) is 2.87. The van der Waals surface area contributed by atoms with Gasteiger partial charge in [0.25, 0.3) is 10.0 Å². The quantitative estimate of drug-likeness (QED) is 0.812. The van der Waals surface area contributed by atoms with Crippen LogP contribution in [0.4, 0.5) is 0 Å². The molecule has 3 rings (SSSR count). The number of rotatable bonds is 3. The molecule has 1 aromatic rings. The number of halogens is 1. The Bertz CT molecular complexity index is 646. The third kappa shape index (κ3) is 3.74. The molecule has 0 amide bonds. The van der Waals surface area contributed by atoms with Crippen LogP contribution in [0.1, 0.15) is 38.3 Å². The van der Waals surface area contributed by atoms with Gasteiger partial charge in [-0.2, -0.15) is 4.31 Å². The van der Waals surface area contributed by atoms with Gasteiger partial charge in [-0.25, -0.2) is 13.4 Å². The number of likely N-dealkylation sites (tertiary alicyclic amines) is 1. The van der Waals surface area contributed by atoms with E-state index >= 15 is 0 Å². The molecule has 2 fully saturated rings. The van der Waals surface area contributed by atoms with Gasteiger partial charge in [0, 0.05) is 19.1 Å². The van der Waals surface area contributed by atoms with Crippen LogP contribution in [0.15, 0.2) is 4.21 Å². The summed E-state index contributed by atoms with van der Waals surface area (Å²) < 4.78 is 27.7. The van der Waals surface area contributed by atoms with Gasteiger partial charge < -0.3 is 4.90 Å². The molecule has 5 nitrogen and oxygen atoms in total. The number of nitrogens with zero attached hydrogens (tertiary/aromatic N) is 3. The van der Waals surface area contributed by atoms with Crippen molar-refractivity contribution in [2.24, 2.45) is 5.92 Å². The maximum Gasteiger partial charge on any atom is 0.254 e. The Hall–Kier alpha value is -0.210. The molecular weight excluding hydrogens is 354 g/mol. The van der Waals surface area contributed by atoms with E-state index in [1.807, 2.05) is 0 Å². The maximum absolute atomic E-state index is 12.8. The number of piperidine rings is 2. The van der Waals surface area contributed by atoms with Crippen molar-refractivity contribution in [1.82, 2.24) is 14.2 Å². The fourth-order valence-corrected chi connectivity index (χ4v) is 6.89. The summed E-state index contributed by atoms with van der Waals surface area (Å²) in [6, 6.07) is 0.528. The van der Waals surface area contributed by atoms with Gasteiger partial charge in [0.2, 0.25) is 0 Å². The molecule has 0 aromatic carbocycles. The third-order valence-corrected chi connectivity index (χ3v) is 8.81. The van der Waals surface area contributed by atoms with Crippen molar-refractivity contribution in [1.29, 1.82) is 0 Å². The largest absolute Gasteiger partial charge is 0.300 e. The van der Waals surface area contributed by atoms with Crippen LogP contribution in [-0.4, -0.2) is 54.8 Å².